The van der Waals surface area contributed by atoms with E-state index in [1.54, 1.807) is 7.05 Å². The van der Waals surface area contributed by atoms with Gasteiger partial charge in [-0.25, -0.2) is 0 Å². The van der Waals surface area contributed by atoms with Gasteiger partial charge >= 0.3 is 0 Å². The zero-order valence-corrected chi connectivity index (χ0v) is 16.3. The van der Waals surface area contributed by atoms with Gasteiger partial charge in [0.15, 0.2) is 5.96 Å². The first-order chi connectivity index (χ1) is 10.1. The second-order valence-corrected chi connectivity index (χ2v) is 5.11. The molecule has 0 atom stereocenters. The Hall–Kier alpha value is -1.02. The Morgan fingerprint density at radius 3 is 2.55 bits per heavy atom. The summed E-state index contributed by atoms with van der Waals surface area (Å²) in [7, 11) is 1.71. The van der Waals surface area contributed by atoms with Crippen molar-refractivity contribution in [1.29, 1.82) is 0 Å². The smallest absolute Gasteiger partial charge is 0.226 e. The quantitative estimate of drug-likeness (QED) is 0.363. The SMILES string of the molecule is CCCNC(=NC)NCCC(=O)Nc1ccc(C)cc1Cl.I. The van der Waals surface area contributed by atoms with Gasteiger partial charge in [-0.05, 0) is 31.0 Å². The summed E-state index contributed by atoms with van der Waals surface area (Å²) < 4.78 is 0. The van der Waals surface area contributed by atoms with Crippen molar-refractivity contribution in [2.45, 2.75) is 26.7 Å². The summed E-state index contributed by atoms with van der Waals surface area (Å²) >= 11 is 6.08. The molecule has 0 aliphatic rings. The lowest BCUT2D eigenvalue weighted by Gasteiger charge is -2.11. The molecular weight excluding hydrogens is 415 g/mol. The van der Waals surface area contributed by atoms with Gasteiger partial charge in [-0.15, -0.1) is 24.0 Å². The molecule has 1 aromatic rings. The Bertz CT molecular complexity index is 508. The molecule has 0 aliphatic heterocycles. The van der Waals surface area contributed by atoms with Crippen LogP contribution >= 0.6 is 35.6 Å². The molecule has 0 bridgehead atoms. The minimum Gasteiger partial charge on any atom is -0.356 e. The molecule has 1 aromatic carbocycles. The van der Waals surface area contributed by atoms with Crippen LogP contribution in [0.15, 0.2) is 23.2 Å². The number of nitrogens with zero attached hydrogens (tertiary/aromatic N) is 1. The van der Waals surface area contributed by atoms with E-state index in [4.69, 9.17) is 11.6 Å². The molecule has 1 rings (SSSR count). The molecule has 7 heteroatoms. The van der Waals surface area contributed by atoms with Crippen molar-refractivity contribution in [2.24, 2.45) is 4.99 Å². The van der Waals surface area contributed by atoms with Crippen LogP contribution in [0.3, 0.4) is 0 Å². The fourth-order valence-electron chi connectivity index (χ4n) is 1.69. The third-order valence-electron chi connectivity index (χ3n) is 2.81. The second kappa shape index (κ2) is 11.5. The number of carbonyl (C=O) groups is 1. The van der Waals surface area contributed by atoms with Crippen molar-refractivity contribution < 1.29 is 4.79 Å². The highest BCUT2D eigenvalue weighted by molar-refractivity contribution is 14.0. The highest BCUT2D eigenvalue weighted by Gasteiger charge is 2.06. The van der Waals surface area contributed by atoms with Crippen LogP contribution in [0.5, 0.6) is 0 Å². The zero-order valence-electron chi connectivity index (χ0n) is 13.2. The topological polar surface area (TPSA) is 65.5 Å². The molecule has 0 unspecified atom stereocenters. The number of halogens is 2. The van der Waals surface area contributed by atoms with Crippen molar-refractivity contribution in [3.05, 3.63) is 28.8 Å². The van der Waals surface area contributed by atoms with Gasteiger partial charge in [0.1, 0.15) is 0 Å². The first-order valence-corrected chi connectivity index (χ1v) is 7.45. The van der Waals surface area contributed by atoms with E-state index in [0.29, 0.717) is 29.6 Å². The van der Waals surface area contributed by atoms with Gasteiger partial charge in [0.25, 0.3) is 0 Å². The van der Waals surface area contributed by atoms with E-state index in [9.17, 15) is 4.79 Å². The summed E-state index contributed by atoms with van der Waals surface area (Å²) in [5.41, 5.74) is 1.70. The number of hydrogen-bond acceptors (Lipinski definition) is 2. The van der Waals surface area contributed by atoms with Crippen LogP contribution in [0.1, 0.15) is 25.3 Å². The van der Waals surface area contributed by atoms with Crippen LogP contribution in [-0.2, 0) is 4.79 Å². The molecule has 0 spiro atoms. The van der Waals surface area contributed by atoms with E-state index >= 15 is 0 Å². The zero-order chi connectivity index (χ0) is 15.7. The monoisotopic (exact) mass is 438 g/mol. The maximum atomic E-state index is 11.9. The number of nitrogens with one attached hydrogen (secondary N) is 3. The highest BCUT2D eigenvalue weighted by atomic mass is 127. The van der Waals surface area contributed by atoms with Crippen LogP contribution in [0.4, 0.5) is 5.69 Å². The number of anilines is 1. The number of guanidine groups is 1. The minimum atomic E-state index is -0.0841. The Balaban J connectivity index is 0.00000441. The van der Waals surface area contributed by atoms with Crippen molar-refractivity contribution in [1.82, 2.24) is 10.6 Å². The van der Waals surface area contributed by atoms with E-state index in [0.717, 1.165) is 18.5 Å². The number of hydrogen-bond donors (Lipinski definition) is 3. The average Bonchev–Trinajstić information content (AvgIpc) is 2.45. The predicted octanol–water partition coefficient (Wildman–Crippen LogP) is 3.17. The van der Waals surface area contributed by atoms with Crippen molar-refractivity contribution >= 4 is 53.1 Å². The largest absolute Gasteiger partial charge is 0.356 e. The standard InChI is InChI=1S/C15H23ClN4O.HI/c1-4-8-18-15(17-3)19-9-7-14(21)20-13-6-5-11(2)10-12(13)16;/h5-6,10H,4,7-9H2,1-3H3,(H,20,21)(H2,17,18,19);1H. The normalized spacial score (nSPS) is 10.6. The van der Waals surface area contributed by atoms with Gasteiger partial charge in [0, 0.05) is 26.6 Å². The highest BCUT2D eigenvalue weighted by Crippen LogP contribution is 2.22. The lowest BCUT2D eigenvalue weighted by Crippen LogP contribution is -2.38. The molecule has 3 N–H and O–H groups in total. The van der Waals surface area contributed by atoms with E-state index < -0.39 is 0 Å². The summed E-state index contributed by atoms with van der Waals surface area (Å²) in [6.07, 6.45) is 1.37. The van der Waals surface area contributed by atoms with E-state index in [2.05, 4.69) is 27.9 Å². The molecule has 5 nitrogen and oxygen atoms in total. The maximum Gasteiger partial charge on any atom is 0.226 e. The van der Waals surface area contributed by atoms with Crippen molar-refractivity contribution in [3.8, 4) is 0 Å². The molecule has 124 valence electrons. The van der Waals surface area contributed by atoms with Gasteiger partial charge < -0.3 is 16.0 Å². The van der Waals surface area contributed by atoms with Crippen LogP contribution in [0.25, 0.3) is 0 Å². The fourth-order valence-corrected chi connectivity index (χ4v) is 1.98. The Labute approximate surface area is 154 Å². The summed E-state index contributed by atoms with van der Waals surface area (Å²) in [6.45, 7) is 5.40. The number of benzene rings is 1. The van der Waals surface area contributed by atoms with Crippen LogP contribution < -0.4 is 16.0 Å². The summed E-state index contributed by atoms with van der Waals surface area (Å²) in [5, 5.41) is 9.59. The Morgan fingerprint density at radius 2 is 1.95 bits per heavy atom. The van der Waals surface area contributed by atoms with Crippen molar-refractivity contribution in [3.63, 3.8) is 0 Å². The molecule has 0 radical (unpaired) electrons. The van der Waals surface area contributed by atoms with E-state index in [-0.39, 0.29) is 29.9 Å². The first kappa shape index (κ1) is 21.0. The third-order valence-corrected chi connectivity index (χ3v) is 3.12. The summed E-state index contributed by atoms with van der Waals surface area (Å²) in [5.74, 6) is 0.622. The van der Waals surface area contributed by atoms with E-state index in [1.165, 1.54) is 0 Å². The number of carbonyl (C=O) groups excluding carboxylic acids is 1. The minimum absolute atomic E-state index is 0. The number of rotatable bonds is 6. The Kier molecular flexibility index (Phi) is 11.0. The van der Waals surface area contributed by atoms with Gasteiger partial charge in [0.05, 0.1) is 10.7 Å². The molecule has 0 aliphatic carbocycles. The lowest BCUT2D eigenvalue weighted by molar-refractivity contribution is -0.116. The Morgan fingerprint density at radius 1 is 1.27 bits per heavy atom. The third kappa shape index (κ3) is 7.84. The van der Waals surface area contributed by atoms with Gasteiger partial charge in [0.2, 0.25) is 5.91 Å². The molecular formula is C15H24ClIN4O. The average molecular weight is 439 g/mol. The molecule has 0 heterocycles. The first-order valence-electron chi connectivity index (χ1n) is 7.07. The second-order valence-electron chi connectivity index (χ2n) is 4.71. The predicted molar refractivity (Wildman–Crippen MR) is 105 cm³/mol. The van der Waals surface area contributed by atoms with Gasteiger partial charge in [-0.3, -0.25) is 9.79 Å². The molecule has 0 fully saturated rings. The van der Waals surface area contributed by atoms with E-state index in [1.807, 2.05) is 25.1 Å². The van der Waals surface area contributed by atoms with Crippen molar-refractivity contribution in [2.75, 3.05) is 25.5 Å². The lowest BCUT2D eigenvalue weighted by atomic mass is 10.2. The van der Waals surface area contributed by atoms with Crippen LogP contribution in [0.2, 0.25) is 5.02 Å². The van der Waals surface area contributed by atoms with Gasteiger partial charge in [-0.2, -0.15) is 0 Å². The molecule has 0 saturated heterocycles. The molecule has 22 heavy (non-hydrogen) atoms. The molecule has 1 amide bonds. The summed E-state index contributed by atoms with van der Waals surface area (Å²) in [6, 6.07) is 5.55. The van der Waals surface area contributed by atoms with Gasteiger partial charge in [-0.1, -0.05) is 24.6 Å². The number of amides is 1. The number of aliphatic imine (C=N–C) groups is 1. The maximum absolute atomic E-state index is 11.9. The fraction of sp³-hybridized carbons (Fsp3) is 0.467. The van der Waals surface area contributed by atoms with Crippen LogP contribution in [-0.4, -0.2) is 32.0 Å². The summed E-state index contributed by atoms with van der Waals surface area (Å²) in [4.78, 5) is 15.9. The number of aryl methyl sites for hydroxylation is 1. The molecule has 0 aromatic heterocycles. The van der Waals surface area contributed by atoms with Crippen LogP contribution in [0, 0.1) is 6.92 Å². The molecule has 0 saturated carbocycles.